The molecule has 1 amide bonds. The number of methoxy groups -OCH3 is 1. The largest absolute Gasteiger partial charge is 0.497 e. The topological polar surface area (TPSA) is 70.2 Å². The first-order chi connectivity index (χ1) is 15.6. The molecule has 0 N–H and O–H groups in total. The van der Waals surface area contributed by atoms with Gasteiger partial charge in [-0.1, -0.05) is 24.3 Å². The zero-order valence-electron chi connectivity index (χ0n) is 20.7. The van der Waals surface area contributed by atoms with Gasteiger partial charge in [-0.15, -0.1) is 0 Å². The van der Waals surface area contributed by atoms with Crippen LogP contribution in [0.15, 0.2) is 47.4 Å². The van der Waals surface area contributed by atoms with Gasteiger partial charge in [0.05, 0.1) is 12.0 Å². The fraction of sp³-hybridized carbons (Fsp3) is 0.480. The summed E-state index contributed by atoms with van der Waals surface area (Å²) in [5.41, 5.74) is 2.95. The minimum absolute atomic E-state index is 0.0290. The summed E-state index contributed by atoms with van der Waals surface area (Å²) >= 11 is 0. The number of nitrogens with zero attached hydrogens (tertiary/aromatic N) is 3. The van der Waals surface area contributed by atoms with Crippen LogP contribution in [0, 0.1) is 6.92 Å². The van der Waals surface area contributed by atoms with Crippen molar-refractivity contribution in [1.82, 2.24) is 14.1 Å². The highest BCUT2D eigenvalue weighted by Crippen LogP contribution is 2.23. The van der Waals surface area contributed by atoms with Gasteiger partial charge in [0.1, 0.15) is 5.75 Å². The van der Waals surface area contributed by atoms with Gasteiger partial charge >= 0.3 is 0 Å². The number of ether oxygens (including phenoxy) is 1. The number of carbonyl (C=O) groups excluding carboxylic acids is 1. The van der Waals surface area contributed by atoms with Gasteiger partial charge in [0, 0.05) is 39.6 Å². The number of rotatable bonds is 12. The Bertz CT molecular complexity index is 1020. The first-order valence-corrected chi connectivity index (χ1v) is 12.6. The molecule has 0 saturated carbocycles. The summed E-state index contributed by atoms with van der Waals surface area (Å²) in [5, 5.41) is 0. The second-order valence-corrected chi connectivity index (χ2v) is 10.5. The van der Waals surface area contributed by atoms with Gasteiger partial charge in [-0.2, -0.15) is 0 Å². The second kappa shape index (κ2) is 12.2. The molecule has 0 bridgehead atoms. The number of carbonyl (C=O) groups is 1. The summed E-state index contributed by atoms with van der Waals surface area (Å²) < 4.78 is 32.4. The average Bonchev–Trinajstić information content (AvgIpc) is 2.77. The minimum atomic E-state index is -3.63. The Morgan fingerprint density at radius 1 is 0.970 bits per heavy atom. The van der Waals surface area contributed by atoms with E-state index in [2.05, 4.69) is 29.2 Å². The van der Waals surface area contributed by atoms with Gasteiger partial charge in [-0.3, -0.25) is 4.79 Å². The van der Waals surface area contributed by atoms with Crippen LogP contribution >= 0.6 is 0 Å². The molecule has 0 aliphatic carbocycles. The lowest BCUT2D eigenvalue weighted by Gasteiger charge is -2.22. The molecule has 0 heterocycles. The molecule has 0 fully saturated rings. The Morgan fingerprint density at radius 3 is 2.09 bits per heavy atom. The standard InChI is InChI=1S/C25H37N3O4S/c1-7-28(19-22-12-10-21(11-13-22)18-26(3)4)25(29)9-8-16-27(5)33(30,31)24-15-14-23(32-6)17-20(24)2/h10-15,17H,7-9,16,18-19H2,1-6H3. The Hall–Kier alpha value is -2.42. The van der Waals surface area contributed by atoms with Crippen molar-refractivity contribution in [2.24, 2.45) is 0 Å². The molecule has 182 valence electrons. The Kier molecular flexibility index (Phi) is 9.88. The van der Waals surface area contributed by atoms with Crippen LogP contribution in [0.25, 0.3) is 0 Å². The molecule has 2 aromatic rings. The third kappa shape index (κ3) is 7.55. The third-order valence-electron chi connectivity index (χ3n) is 5.56. The maximum atomic E-state index is 12.9. The van der Waals surface area contributed by atoms with Gasteiger partial charge in [-0.25, -0.2) is 12.7 Å². The zero-order chi connectivity index (χ0) is 24.6. The molecule has 0 saturated heterocycles. The molecule has 2 rings (SSSR count). The van der Waals surface area contributed by atoms with E-state index >= 15 is 0 Å². The average molecular weight is 476 g/mol. The van der Waals surface area contributed by atoms with Crippen LogP contribution < -0.4 is 4.74 Å². The highest BCUT2D eigenvalue weighted by Gasteiger charge is 2.23. The Morgan fingerprint density at radius 2 is 1.58 bits per heavy atom. The highest BCUT2D eigenvalue weighted by molar-refractivity contribution is 7.89. The van der Waals surface area contributed by atoms with E-state index in [1.807, 2.05) is 25.9 Å². The summed E-state index contributed by atoms with van der Waals surface area (Å²) in [6, 6.07) is 13.2. The zero-order valence-corrected chi connectivity index (χ0v) is 21.5. The lowest BCUT2D eigenvalue weighted by Crippen LogP contribution is -2.32. The molecular weight excluding hydrogens is 438 g/mol. The second-order valence-electron chi connectivity index (χ2n) is 8.52. The fourth-order valence-corrected chi connectivity index (χ4v) is 5.06. The van der Waals surface area contributed by atoms with Crippen molar-refractivity contribution in [2.75, 3.05) is 41.3 Å². The normalized spacial score (nSPS) is 11.8. The first-order valence-electron chi connectivity index (χ1n) is 11.2. The first kappa shape index (κ1) is 26.8. The molecule has 0 unspecified atom stereocenters. The van der Waals surface area contributed by atoms with Crippen LogP contribution in [0.4, 0.5) is 0 Å². The lowest BCUT2D eigenvalue weighted by molar-refractivity contribution is -0.131. The van der Waals surface area contributed by atoms with E-state index in [-0.39, 0.29) is 17.3 Å². The van der Waals surface area contributed by atoms with Crippen LogP contribution in [0.5, 0.6) is 5.75 Å². The Labute approximate surface area is 199 Å². The Balaban J connectivity index is 1.92. The van der Waals surface area contributed by atoms with Gasteiger partial charge in [0.15, 0.2) is 0 Å². The van der Waals surface area contributed by atoms with Gasteiger partial charge in [0.25, 0.3) is 0 Å². The number of aryl methyl sites for hydroxylation is 1. The molecule has 7 nitrogen and oxygen atoms in total. The molecule has 2 aromatic carbocycles. The van der Waals surface area contributed by atoms with E-state index in [1.165, 1.54) is 9.87 Å². The van der Waals surface area contributed by atoms with E-state index in [4.69, 9.17) is 4.74 Å². The van der Waals surface area contributed by atoms with E-state index in [9.17, 15) is 13.2 Å². The number of hydrogen-bond acceptors (Lipinski definition) is 5. The minimum Gasteiger partial charge on any atom is -0.497 e. The number of amides is 1. The van der Waals surface area contributed by atoms with Gasteiger partial charge in [-0.05, 0) is 69.3 Å². The number of sulfonamides is 1. The van der Waals surface area contributed by atoms with Crippen molar-refractivity contribution < 1.29 is 17.9 Å². The van der Waals surface area contributed by atoms with Crippen molar-refractivity contribution in [3.63, 3.8) is 0 Å². The van der Waals surface area contributed by atoms with Crippen molar-refractivity contribution in [1.29, 1.82) is 0 Å². The summed E-state index contributed by atoms with van der Waals surface area (Å²) in [5.74, 6) is 0.646. The van der Waals surface area contributed by atoms with Crippen LogP contribution in [0.2, 0.25) is 0 Å². The monoisotopic (exact) mass is 475 g/mol. The molecule has 33 heavy (non-hydrogen) atoms. The molecular formula is C25H37N3O4S. The number of benzene rings is 2. The maximum Gasteiger partial charge on any atom is 0.243 e. The van der Waals surface area contributed by atoms with Crippen molar-refractivity contribution in [2.45, 2.75) is 44.7 Å². The lowest BCUT2D eigenvalue weighted by atomic mass is 10.1. The van der Waals surface area contributed by atoms with Crippen molar-refractivity contribution in [3.8, 4) is 5.75 Å². The van der Waals surface area contributed by atoms with Crippen molar-refractivity contribution in [3.05, 3.63) is 59.2 Å². The van der Waals surface area contributed by atoms with Gasteiger partial charge in [0.2, 0.25) is 15.9 Å². The van der Waals surface area contributed by atoms with Crippen LogP contribution in [-0.4, -0.2) is 69.8 Å². The fourth-order valence-electron chi connectivity index (χ4n) is 3.65. The summed E-state index contributed by atoms with van der Waals surface area (Å²) in [4.78, 5) is 16.9. The van der Waals surface area contributed by atoms with Crippen LogP contribution in [-0.2, 0) is 27.9 Å². The highest BCUT2D eigenvalue weighted by atomic mass is 32.2. The van der Waals surface area contributed by atoms with E-state index in [0.29, 0.717) is 37.2 Å². The predicted octanol–water partition coefficient (Wildman–Crippen LogP) is 3.51. The van der Waals surface area contributed by atoms with E-state index in [0.717, 1.165) is 12.1 Å². The SMILES string of the molecule is CCN(Cc1ccc(CN(C)C)cc1)C(=O)CCCN(C)S(=O)(=O)c1ccc(OC)cc1C. The third-order valence-corrected chi connectivity index (χ3v) is 7.58. The molecule has 0 radical (unpaired) electrons. The summed E-state index contributed by atoms with van der Waals surface area (Å²) in [6.07, 6.45) is 0.760. The molecule has 0 atom stereocenters. The molecule has 8 heteroatoms. The molecule has 0 aromatic heterocycles. The summed E-state index contributed by atoms with van der Waals surface area (Å²) in [6.45, 7) is 6.02. The van der Waals surface area contributed by atoms with Gasteiger partial charge < -0.3 is 14.5 Å². The smallest absolute Gasteiger partial charge is 0.243 e. The van der Waals surface area contributed by atoms with E-state index < -0.39 is 10.0 Å². The summed E-state index contributed by atoms with van der Waals surface area (Å²) in [7, 11) is 3.54. The van der Waals surface area contributed by atoms with Crippen LogP contribution in [0.3, 0.4) is 0 Å². The number of hydrogen-bond donors (Lipinski definition) is 0. The predicted molar refractivity (Wildman–Crippen MR) is 132 cm³/mol. The van der Waals surface area contributed by atoms with Crippen LogP contribution in [0.1, 0.15) is 36.5 Å². The van der Waals surface area contributed by atoms with Crippen molar-refractivity contribution >= 4 is 15.9 Å². The molecule has 0 aliphatic heterocycles. The maximum absolute atomic E-state index is 12.9. The molecule has 0 aliphatic rings. The quantitative estimate of drug-likeness (QED) is 0.470. The van der Waals surface area contributed by atoms with E-state index in [1.54, 1.807) is 39.3 Å². The molecule has 0 spiro atoms.